The molecule has 0 aliphatic heterocycles. The number of aliphatic imine (C=N–C) groups is 1. The minimum atomic E-state index is 0.701. The van der Waals surface area contributed by atoms with Crippen LogP contribution >= 0.6 is 0 Å². The summed E-state index contributed by atoms with van der Waals surface area (Å²) in [6, 6.07) is 6.50. The minimum absolute atomic E-state index is 0.701. The van der Waals surface area contributed by atoms with Crippen LogP contribution in [-0.2, 0) is 11.3 Å². The van der Waals surface area contributed by atoms with Gasteiger partial charge in [0.1, 0.15) is 0 Å². The van der Waals surface area contributed by atoms with Crippen LogP contribution in [0.5, 0.6) is 0 Å². The maximum absolute atomic E-state index is 5.33. The molecular weight excluding hydrogens is 262 g/mol. The van der Waals surface area contributed by atoms with E-state index in [1.54, 1.807) is 0 Å². The maximum Gasteiger partial charge on any atom is 0.191 e. The van der Waals surface area contributed by atoms with Crippen LogP contribution < -0.4 is 10.6 Å². The third kappa shape index (κ3) is 7.14. The summed E-state index contributed by atoms with van der Waals surface area (Å²) in [5.41, 5.74) is 3.86. The van der Waals surface area contributed by atoms with Crippen molar-refractivity contribution in [1.29, 1.82) is 0 Å². The topological polar surface area (TPSA) is 45.7 Å². The fraction of sp³-hybridized carbons (Fsp3) is 0.588. The molecule has 1 aromatic rings. The molecule has 0 spiro atoms. The van der Waals surface area contributed by atoms with Crippen molar-refractivity contribution < 1.29 is 4.74 Å². The van der Waals surface area contributed by atoms with Gasteiger partial charge < -0.3 is 15.4 Å². The Bertz CT molecular complexity index is 444. The highest BCUT2D eigenvalue weighted by atomic mass is 16.5. The van der Waals surface area contributed by atoms with Crippen molar-refractivity contribution in [3.05, 3.63) is 34.9 Å². The van der Waals surface area contributed by atoms with Gasteiger partial charge in [0.05, 0.1) is 6.54 Å². The van der Waals surface area contributed by atoms with Gasteiger partial charge in [0.2, 0.25) is 0 Å². The number of aryl methyl sites for hydroxylation is 2. The number of nitrogens with zero attached hydrogens (tertiary/aromatic N) is 1. The predicted molar refractivity (Wildman–Crippen MR) is 89.8 cm³/mol. The lowest BCUT2D eigenvalue weighted by Gasteiger charge is -2.12. The summed E-state index contributed by atoms with van der Waals surface area (Å²) in [7, 11) is 0. The average molecular weight is 291 g/mol. The molecule has 1 aromatic carbocycles. The first-order chi connectivity index (χ1) is 10.2. The van der Waals surface area contributed by atoms with Gasteiger partial charge in [-0.1, -0.05) is 23.8 Å². The Hall–Kier alpha value is -1.55. The lowest BCUT2D eigenvalue weighted by atomic mass is 10.1. The number of hydrogen-bond donors (Lipinski definition) is 2. The standard InChI is InChI=1S/C17H29N3O/c1-5-18-17(19-10-7-11-21-6-2)20-13-16-9-8-14(3)12-15(16)4/h8-9,12H,5-7,10-11,13H2,1-4H3,(H2,18,19,20). The summed E-state index contributed by atoms with van der Waals surface area (Å²) in [4.78, 5) is 4.65. The summed E-state index contributed by atoms with van der Waals surface area (Å²) < 4.78 is 5.33. The quantitative estimate of drug-likeness (QED) is 0.440. The number of benzene rings is 1. The van der Waals surface area contributed by atoms with Crippen LogP contribution in [0.2, 0.25) is 0 Å². The van der Waals surface area contributed by atoms with Gasteiger partial charge in [0, 0.05) is 26.3 Å². The fourth-order valence-corrected chi connectivity index (χ4v) is 2.05. The maximum atomic E-state index is 5.33. The molecule has 0 radical (unpaired) electrons. The molecule has 4 heteroatoms. The molecule has 0 bridgehead atoms. The molecule has 0 amide bonds. The van der Waals surface area contributed by atoms with E-state index in [9.17, 15) is 0 Å². The predicted octanol–water partition coefficient (Wildman–Crippen LogP) is 2.79. The zero-order chi connectivity index (χ0) is 15.5. The number of nitrogens with one attached hydrogen (secondary N) is 2. The molecule has 1 rings (SSSR count). The molecule has 0 saturated carbocycles. The molecule has 118 valence electrons. The van der Waals surface area contributed by atoms with E-state index in [0.29, 0.717) is 6.54 Å². The van der Waals surface area contributed by atoms with Crippen LogP contribution in [0.3, 0.4) is 0 Å². The number of hydrogen-bond acceptors (Lipinski definition) is 2. The molecule has 0 fully saturated rings. The molecule has 0 heterocycles. The molecule has 0 unspecified atom stereocenters. The van der Waals surface area contributed by atoms with E-state index in [-0.39, 0.29) is 0 Å². The Kier molecular flexibility index (Phi) is 8.51. The highest BCUT2D eigenvalue weighted by molar-refractivity contribution is 5.79. The van der Waals surface area contributed by atoms with Gasteiger partial charge >= 0.3 is 0 Å². The van der Waals surface area contributed by atoms with Crippen molar-refractivity contribution in [2.45, 2.75) is 40.7 Å². The minimum Gasteiger partial charge on any atom is -0.382 e. The second kappa shape index (κ2) is 10.2. The Morgan fingerprint density at radius 2 is 2.00 bits per heavy atom. The zero-order valence-corrected chi connectivity index (χ0v) is 13.8. The molecular formula is C17H29N3O. The number of ether oxygens (including phenoxy) is 1. The Morgan fingerprint density at radius 3 is 2.67 bits per heavy atom. The molecule has 0 saturated heterocycles. The second-order valence-electron chi connectivity index (χ2n) is 5.10. The van der Waals surface area contributed by atoms with Gasteiger partial charge in [-0.2, -0.15) is 0 Å². The van der Waals surface area contributed by atoms with Gasteiger partial charge in [-0.25, -0.2) is 4.99 Å². The first-order valence-corrected chi connectivity index (χ1v) is 7.83. The Labute approximate surface area is 129 Å². The van der Waals surface area contributed by atoms with E-state index >= 15 is 0 Å². The summed E-state index contributed by atoms with van der Waals surface area (Å²) >= 11 is 0. The first-order valence-electron chi connectivity index (χ1n) is 7.83. The van der Waals surface area contributed by atoms with E-state index in [0.717, 1.165) is 38.7 Å². The molecule has 0 aliphatic rings. The van der Waals surface area contributed by atoms with E-state index in [1.807, 2.05) is 6.92 Å². The lowest BCUT2D eigenvalue weighted by molar-refractivity contribution is 0.145. The van der Waals surface area contributed by atoms with Crippen molar-refractivity contribution in [3.8, 4) is 0 Å². The van der Waals surface area contributed by atoms with Gasteiger partial charge in [0.15, 0.2) is 5.96 Å². The zero-order valence-electron chi connectivity index (χ0n) is 13.8. The lowest BCUT2D eigenvalue weighted by Crippen LogP contribution is -2.38. The molecule has 0 atom stereocenters. The average Bonchev–Trinajstić information content (AvgIpc) is 2.46. The van der Waals surface area contributed by atoms with Crippen molar-refractivity contribution >= 4 is 5.96 Å². The van der Waals surface area contributed by atoms with Gasteiger partial charge in [-0.3, -0.25) is 0 Å². The Morgan fingerprint density at radius 1 is 1.19 bits per heavy atom. The summed E-state index contributed by atoms with van der Waals surface area (Å²) in [6.45, 7) is 12.4. The summed E-state index contributed by atoms with van der Waals surface area (Å²) in [6.07, 6.45) is 0.988. The summed E-state index contributed by atoms with van der Waals surface area (Å²) in [5, 5.41) is 6.61. The molecule has 0 aromatic heterocycles. The van der Waals surface area contributed by atoms with Crippen LogP contribution in [-0.4, -0.2) is 32.3 Å². The first kappa shape index (κ1) is 17.5. The van der Waals surface area contributed by atoms with E-state index in [2.05, 4.69) is 54.6 Å². The van der Waals surface area contributed by atoms with Crippen molar-refractivity contribution in [3.63, 3.8) is 0 Å². The van der Waals surface area contributed by atoms with E-state index < -0.39 is 0 Å². The van der Waals surface area contributed by atoms with Crippen LogP contribution in [0, 0.1) is 13.8 Å². The monoisotopic (exact) mass is 291 g/mol. The van der Waals surface area contributed by atoms with Gasteiger partial charge in [-0.05, 0) is 45.2 Å². The third-order valence-corrected chi connectivity index (χ3v) is 3.21. The third-order valence-electron chi connectivity index (χ3n) is 3.21. The molecule has 2 N–H and O–H groups in total. The van der Waals surface area contributed by atoms with Crippen molar-refractivity contribution in [2.24, 2.45) is 4.99 Å². The second-order valence-corrected chi connectivity index (χ2v) is 5.10. The fourth-order valence-electron chi connectivity index (χ4n) is 2.05. The van der Waals surface area contributed by atoms with Crippen LogP contribution in [0.4, 0.5) is 0 Å². The normalized spacial score (nSPS) is 11.5. The van der Waals surface area contributed by atoms with Crippen LogP contribution in [0.15, 0.2) is 23.2 Å². The van der Waals surface area contributed by atoms with Crippen molar-refractivity contribution in [2.75, 3.05) is 26.3 Å². The van der Waals surface area contributed by atoms with Crippen LogP contribution in [0.25, 0.3) is 0 Å². The smallest absolute Gasteiger partial charge is 0.191 e. The number of guanidine groups is 1. The SMILES string of the molecule is CCNC(=NCc1ccc(C)cc1C)NCCCOCC. The highest BCUT2D eigenvalue weighted by Crippen LogP contribution is 2.11. The largest absolute Gasteiger partial charge is 0.382 e. The molecule has 0 aliphatic carbocycles. The van der Waals surface area contributed by atoms with Gasteiger partial charge in [-0.15, -0.1) is 0 Å². The van der Waals surface area contributed by atoms with Gasteiger partial charge in [0.25, 0.3) is 0 Å². The highest BCUT2D eigenvalue weighted by Gasteiger charge is 2.00. The molecule has 21 heavy (non-hydrogen) atoms. The van der Waals surface area contributed by atoms with E-state index in [4.69, 9.17) is 4.74 Å². The van der Waals surface area contributed by atoms with Crippen LogP contribution in [0.1, 0.15) is 37.0 Å². The number of rotatable bonds is 8. The molecule has 4 nitrogen and oxygen atoms in total. The summed E-state index contributed by atoms with van der Waals surface area (Å²) in [5.74, 6) is 0.869. The Balaban J connectivity index is 2.50. The van der Waals surface area contributed by atoms with E-state index in [1.165, 1.54) is 16.7 Å². The van der Waals surface area contributed by atoms with Crippen molar-refractivity contribution in [1.82, 2.24) is 10.6 Å².